The molecule has 3 rings (SSSR count). The van der Waals surface area contributed by atoms with Gasteiger partial charge in [-0.15, -0.1) is 0 Å². The standard InChI is InChI=1S/C14H15NO2/c1-2-4-13-11(3-1)5-6-12(15-13)7-8-14-16-9-10-17-14/h1-6,14H,7-10H2. The Bertz CT molecular complexity index is 506. The van der Waals surface area contributed by atoms with Crippen LogP contribution in [0.3, 0.4) is 0 Å². The van der Waals surface area contributed by atoms with Crippen LogP contribution >= 0.6 is 0 Å². The number of ether oxygens (including phenoxy) is 2. The Labute approximate surface area is 100 Å². The van der Waals surface area contributed by atoms with Crippen LogP contribution in [0.4, 0.5) is 0 Å². The van der Waals surface area contributed by atoms with E-state index < -0.39 is 0 Å². The minimum atomic E-state index is -0.0386. The number of nitrogens with zero attached hydrogens (tertiary/aromatic N) is 1. The molecule has 0 bridgehead atoms. The van der Waals surface area contributed by atoms with Gasteiger partial charge in [0, 0.05) is 17.5 Å². The topological polar surface area (TPSA) is 31.4 Å². The molecule has 1 aliphatic rings. The lowest BCUT2D eigenvalue weighted by atomic mass is 10.1. The Kier molecular flexibility index (Phi) is 3.03. The largest absolute Gasteiger partial charge is 0.350 e. The summed E-state index contributed by atoms with van der Waals surface area (Å²) in [6.45, 7) is 1.44. The average Bonchev–Trinajstić information content (AvgIpc) is 2.89. The summed E-state index contributed by atoms with van der Waals surface area (Å²) in [6, 6.07) is 12.4. The fraction of sp³-hybridized carbons (Fsp3) is 0.357. The van der Waals surface area contributed by atoms with Crippen molar-refractivity contribution in [1.82, 2.24) is 4.98 Å². The van der Waals surface area contributed by atoms with Crippen LogP contribution in [0.2, 0.25) is 0 Å². The number of rotatable bonds is 3. The Morgan fingerprint density at radius 3 is 2.76 bits per heavy atom. The average molecular weight is 229 g/mol. The van der Waals surface area contributed by atoms with E-state index in [1.165, 1.54) is 5.39 Å². The molecule has 1 aromatic carbocycles. The van der Waals surface area contributed by atoms with Crippen LogP contribution in [0, 0.1) is 0 Å². The Morgan fingerprint density at radius 1 is 1.06 bits per heavy atom. The SMILES string of the molecule is c1ccc2nc(CCC3OCCO3)ccc2c1. The molecule has 0 spiro atoms. The van der Waals surface area contributed by atoms with E-state index in [4.69, 9.17) is 9.47 Å². The van der Waals surface area contributed by atoms with E-state index in [0.717, 1.165) is 37.3 Å². The highest BCUT2D eigenvalue weighted by Gasteiger charge is 2.15. The zero-order valence-corrected chi connectivity index (χ0v) is 9.63. The number of fused-ring (bicyclic) bond motifs is 1. The van der Waals surface area contributed by atoms with Crippen LogP contribution in [0.25, 0.3) is 10.9 Å². The summed E-state index contributed by atoms with van der Waals surface area (Å²) < 4.78 is 10.8. The minimum absolute atomic E-state index is 0.0386. The second kappa shape index (κ2) is 4.82. The highest BCUT2D eigenvalue weighted by Crippen LogP contribution is 2.15. The van der Waals surface area contributed by atoms with Gasteiger partial charge in [-0.1, -0.05) is 24.3 Å². The smallest absolute Gasteiger partial charge is 0.158 e. The monoisotopic (exact) mass is 229 g/mol. The van der Waals surface area contributed by atoms with Gasteiger partial charge in [0.2, 0.25) is 0 Å². The summed E-state index contributed by atoms with van der Waals surface area (Å²) in [4.78, 5) is 4.63. The number of hydrogen-bond donors (Lipinski definition) is 0. The van der Waals surface area contributed by atoms with Crippen molar-refractivity contribution in [3.63, 3.8) is 0 Å². The van der Waals surface area contributed by atoms with Crippen LogP contribution in [0.5, 0.6) is 0 Å². The maximum absolute atomic E-state index is 5.41. The molecular weight excluding hydrogens is 214 g/mol. The molecule has 1 aliphatic heterocycles. The van der Waals surface area contributed by atoms with Crippen molar-refractivity contribution < 1.29 is 9.47 Å². The molecule has 2 aromatic rings. The number of aromatic nitrogens is 1. The third-order valence-corrected chi connectivity index (χ3v) is 2.98. The first kappa shape index (κ1) is 10.7. The Morgan fingerprint density at radius 2 is 1.88 bits per heavy atom. The normalized spacial score (nSPS) is 16.7. The van der Waals surface area contributed by atoms with Gasteiger partial charge in [0.15, 0.2) is 6.29 Å². The van der Waals surface area contributed by atoms with Crippen molar-refractivity contribution in [1.29, 1.82) is 0 Å². The quantitative estimate of drug-likeness (QED) is 0.810. The lowest BCUT2D eigenvalue weighted by Gasteiger charge is -2.08. The zero-order valence-electron chi connectivity index (χ0n) is 9.63. The molecule has 0 radical (unpaired) electrons. The van der Waals surface area contributed by atoms with E-state index in [1.807, 2.05) is 18.2 Å². The zero-order chi connectivity index (χ0) is 11.5. The van der Waals surface area contributed by atoms with Crippen molar-refractivity contribution in [2.24, 2.45) is 0 Å². The van der Waals surface area contributed by atoms with Crippen molar-refractivity contribution in [2.75, 3.05) is 13.2 Å². The van der Waals surface area contributed by atoms with E-state index in [9.17, 15) is 0 Å². The lowest BCUT2D eigenvalue weighted by molar-refractivity contribution is -0.0463. The summed E-state index contributed by atoms with van der Waals surface area (Å²) in [6.07, 6.45) is 1.74. The van der Waals surface area contributed by atoms with Crippen molar-refractivity contribution in [3.05, 3.63) is 42.1 Å². The van der Waals surface area contributed by atoms with Crippen molar-refractivity contribution >= 4 is 10.9 Å². The highest BCUT2D eigenvalue weighted by atomic mass is 16.7. The summed E-state index contributed by atoms with van der Waals surface area (Å²) in [7, 11) is 0. The van der Waals surface area contributed by atoms with Crippen molar-refractivity contribution in [3.8, 4) is 0 Å². The summed E-state index contributed by atoms with van der Waals surface area (Å²) in [5.41, 5.74) is 2.15. The molecule has 0 saturated carbocycles. The van der Waals surface area contributed by atoms with Gasteiger partial charge in [0.25, 0.3) is 0 Å². The number of hydrogen-bond acceptors (Lipinski definition) is 3. The van der Waals surface area contributed by atoms with Crippen LogP contribution in [-0.4, -0.2) is 24.5 Å². The molecule has 0 N–H and O–H groups in total. The Hall–Kier alpha value is -1.45. The van der Waals surface area contributed by atoms with Crippen LogP contribution in [0.1, 0.15) is 12.1 Å². The molecule has 3 heteroatoms. The first-order valence-electron chi connectivity index (χ1n) is 6.00. The number of para-hydroxylation sites is 1. The number of aryl methyl sites for hydroxylation is 1. The fourth-order valence-electron chi connectivity index (χ4n) is 2.09. The molecular formula is C14H15NO2. The second-order valence-electron chi connectivity index (χ2n) is 4.21. The van der Waals surface area contributed by atoms with Gasteiger partial charge >= 0.3 is 0 Å². The van der Waals surface area contributed by atoms with Gasteiger partial charge in [0.1, 0.15) is 0 Å². The molecule has 3 nitrogen and oxygen atoms in total. The molecule has 1 aromatic heterocycles. The van der Waals surface area contributed by atoms with Gasteiger partial charge in [-0.3, -0.25) is 4.98 Å². The van der Waals surface area contributed by atoms with Gasteiger partial charge in [-0.05, 0) is 18.6 Å². The first-order valence-corrected chi connectivity index (χ1v) is 6.00. The molecule has 0 amide bonds. The fourth-order valence-corrected chi connectivity index (χ4v) is 2.09. The molecule has 2 heterocycles. The number of benzene rings is 1. The van der Waals surface area contributed by atoms with E-state index in [0.29, 0.717) is 0 Å². The lowest BCUT2D eigenvalue weighted by Crippen LogP contribution is -2.09. The summed E-state index contributed by atoms with van der Waals surface area (Å²) >= 11 is 0. The van der Waals surface area contributed by atoms with Crippen LogP contribution < -0.4 is 0 Å². The molecule has 17 heavy (non-hydrogen) atoms. The van der Waals surface area contributed by atoms with Crippen LogP contribution in [0.15, 0.2) is 36.4 Å². The Balaban J connectivity index is 1.72. The summed E-state index contributed by atoms with van der Waals surface area (Å²) in [5, 5.41) is 1.18. The van der Waals surface area contributed by atoms with E-state index >= 15 is 0 Å². The maximum Gasteiger partial charge on any atom is 0.158 e. The minimum Gasteiger partial charge on any atom is -0.350 e. The predicted octanol–water partition coefficient (Wildman–Crippen LogP) is 2.54. The van der Waals surface area contributed by atoms with E-state index in [1.54, 1.807) is 0 Å². The highest BCUT2D eigenvalue weighted by molar-refractivity contribution is 5.78. The number of pyridine rings is 1. The molecule has 0 aliphatic carbocycles. The van der Waals surface area contributed by atoms with Gasteiger partial charge in [-0.2, -0.15) is 0 Å². The third kappa shape index (κ3) is 2.46. The molecule has 0 unspecified atom stereocenters. The second-order valence-corrected chi connectivity index (χ2v) is 4.21. The molecule has 1 saturated heterocycles. The van der Waals surface area contributed by atoms with Gasteiger partial charge in [0.05, 0.1) is 18.7 Å². The van der Waals surface area contributed by atoms with E-state index in [-0.39, 0.29) is 6.29 Å². The third-order valence-electron chi connectivity index (χ3n) is 2.98. The van der Waals surface area contributed by atoms with Crippen LogP contribution in [-0.2, 0) is 15.9 Å². The molecule has 0 atom stereocenters. The molecule has 1 fully saturated rings. The van der Waals surface area contributed by atoms with Crippen molar-refractivity contribution in [2.45, 2.75) is 19.1 Å². The predicted molar refractivity (Wildman–Crippen MR) is 65.8 cm³/mol. The first-order chi connectivity index (χ1) is 8.42. The van der Waals surface area contributed by atoms with Gasteiger partial charge in [-0.25, -0.2) is 0 Å². The maximum atomic E-state index is 5.41. The van der Waals surface area contributed by atoms with E-state index in [2.05, 4.69) is 23.2 Å². The van der Waals surface area contributed by atoms with Gasteiger partial charge < -0.3 is 9.47 Å². The summed E-state index contributed by atoms with van der Waals surface area (Å²) in [5.74, 6) is 0. The molecule has 88 valence electrons.